The number of phenolic OH excluding ortho intramolecular Hbond substituents is 1. The fourth-order valence-corrected chi connectivity index (χ4v) is 5.27. The van der Waals surface area contributed by atoms with Gasteiger partial charge >= 0.3 is 0 Å². The van der Waals surface area contributed by atoms with Crippen molar-refractivity contribution in [2.24, 2.45) is 0 Å². The van der Waals surface area contributed by atoms with E-state index in [0.29, 0.717) is 11.3 Å². The Balaban J connectivity index is 1.73. The van der Waals surface area contributed by atoms with Crippen LogP contribution in [0.25, 0.3) is 6.08 Å². The van der Waals surface area contributed by atoms with Crippen LogP contribution in [-0.4, -0.2) is 46.0 Å². The molecule has 4 atom stereocenters. The Morgan fingerprint density at radius 2 is 1.81 bits per heavy atom. The number of methoxy groups -OCH3 is 1. The highest BCUT2D eigenvalue weighted by molar-refractivity contribution is 6.04. The van der Waals surface area contributed by atoms with E-state index in [0.717, 1.165) is 5.56 Å². The molecule has 182 valence electrons. The van der Waals surface area contributed by atoms with Crippen LogP contribution in [0.5, 0.6) is 11.5 Å². The van der Waals surface area contributed by atoms with Gasteiger partial charge < -0.3 is 14.7 Å². The van der Waals surface area contributed by atoms with Crippen LogP contribution in [0, 0.1) is 20.2 Å². The number of hydrogen-bond donors (Lipinski definition) is 1. The molecule has 0 aliphatic carbocycles. The second-order valence-corrected chi connectivity index (χ2v) is 8.67. The number of benzene rings is 3. The van der Waals surface area contributed by atoms with Gasteiger partial charge in [-0.3, -0.25) is 25.0 Å². The van der Waals surface area contributed by atoms with Crippen molar-refractivity contribution >= 4 is 23.2 Å². The highest BCUT2D eigenvalue weighted by atomic mass is 16.6. The highest BCUT2D eigenvalue weighted by Gasteiger charge is 2.59. The highest BCUT2D eigenvalue weighted by Crippen LogP contribution is 2.48. The molecular formula is C26H21N3O7. The summed E-state index contributed by atoms with van der Waals surface area (Å²) < 4.78 is 5.23. The number of hydrogen-bond acceptors (Lipinski definition) is 8. The summed E-state index contributed by atoms with van der Waals surface area (Å²) in [6.07, 6.45) is 3.53. The van der Waals surface area contributed by atoms with Crippen molar-refractivity contribution < 1.29 is 24.5 Å². The number of nitrogens with zero attached hydrogens (tertiary/aromatic N) is 3. The van der Waals surface area contributed by atoms with Crippen LogP contribution in [0.2, 0.25) is 0 Å². The molecule has 1 saturated heterocycles. The Kier molecular flexibility index (Phi) is 5.63. The van der Waals surface area contributed by atoms with Gasteiger partial charge in [0, 0.05) is 28.3 Å². The number of fused-ring (bicyclic) bond motifs is 3. The first-order chi connectivity index (χ1) is 17.3. The maximum atomic E-state index is 14.1. The summed E-state index contributed by atoms with van der Waals surface area (Å²) in [5, 5.41) is 34.0. The molecule has 36 heavy (non-hydrogen) atoms. The number of ketones is 1. The smallest absolute Gasteiger partial charge is 0.270 e. The fourth-order valence-electron chi connectivity index (χ4n) is 5.27. The summed E-state index contributed by atoms with van der Waals surface area (Å²) in [5.74, 6) is -1.43. The third-order valence-electron chi connectivity index (χ3n) is 6.81. The third-order valence-corrected chi connectivity index (χ3v) is 6.81. The standard InChI is InChI=1S/C26H21N3O7/c1-36-22-14-16(10-12-21(22)30)23-24(29(34)35)20-11-9-15-5-2-3-8-19(15)27(20)25(23)26(31)17-6-4-7-18(13-17)28(32)33/h2-14,20,23-25,30H,1H3/t20-,23+,24+,25-/m0/s1. The molecule has 1 fully saturated rings. The second kappa shape index (κ2) is 8.81. The van der Waals surface area contributed by atoms with Crippen LogP contribution in [0.4, 0.5) is 11.4 Å². The fraction of sp³-hybridized carbons (Fsp3) is 0.192. The minimum absolute atomic E-state index is 0.0831. The zero-order valence-corrected chi connectivity index (χ0v) is 19.1. The van der Waals surface area contributed by atoms with Gasteiger partial charge in [0.25, 0.3) is 5.69 Å². The van der Waals surface area contributed by atoms with E-state index in [1.54, 1.807) is 29.2 Å². The summed E-state index contributed by atoms with van der Waals surface area (Å²) in [4.78, 5) is 38.7. The van der Waals surface area contributed by atoms with Gasteiger partial charge in [0.1, 0.15) is 12.1 Å². The summed E-state index contributed by atoms with van der Waals surface area (Å²) in [7, 11) is 1.37. The zero-order chi connectivity index (χ0) is 25.6. The number of rotatable bonds is 6. The Hall–Kier alpha value is -4.73. The molecule has 0 unspecified atom stereocenters. The third kappa shape index (κ3) is 3.63. The van der Waals surface area contributed by atoms with E-state index >= 15 is 0 Å². The lowest BCUT2D eigenvalue weighted by atomic mass is 9.83. The monoisotopic (exact) mass is 487 g/mol. The average Bonchev–Trinajstić information content (AvgIpc) is 3.24. The lowest BCUT2D eigenvalue weighted by molar-refractivity contribution is -0.524. The van der Waals surface area contributed by atoms with Crippen molar-refractivity contribution in [3.8, 4) is 11.5 Å². The van der Waals surface area contributed by atoms with Crippen LogP contribution < -0.4 is 9.64 Å². The molecule has 0 amide bonds. The van der Waals surface area contributed by atoms with Crippen LogP contribution in [0.15, 0.2) is 72.8 Å². The molecule has 5 rings (SSSR count). The Morgan fingerprint density at radius 1 is 1.03 bits per heavy atom. The molecule has 0 aromatic heterocycles. The maximum Gasteiger partial charge on any atom is 0.270 e. The van der Waals surface area contributed by atoms with Gasteiger partial charge in [-0.05, 0) is 29.3 Å². The number of phenols is 1. The number of nitro benzene ring substituents is 1. The number of carbonyl (C=O) groups is 1. The Labute approximate surface area is 205 Å². The summed E-state index contributed by atoms with van der Waals surface area (Å²) >= 11 is 0. The summed E-state index contributed by atoms with van der Waals surface area (Å²) in [6.45, 7) is 0. The molecule has 10 nitrogen and oxygen atoms in total. The van der Waals surface area contributed by atoms with Gasteiger partial charge in [-0.15, -0.1) is 0 Å². The molecule has 10 heteroatoms. The first kappa shape index (κ1) is 23.0. The minimum Gasteiger partial charge on any atom is -0.504 e. The lowest BCUT2D eigenvalue weighted by Crippen LogP contribution is -2.44. The number of non-ortho nitro benzene ring substituents is 1. The molecule has 2 aliphatic rings. The van der Waals surface area contributed by atoms with Crippen molar-refractivity contribution in [3.05, 3.63) is 110 Å². The number of ether oxygens (including phenoxy) is 1. The van der Waals surface area contributed by atoms with Crippen molar-refractivity contribution in [2.45, 2.75) is 24.0 Å². The van der Waals surface area contributed by atoms with Crippen molar-refractivity contribution in [3.63, 3.8) is 0 Å². The second-order valence-electron chi connectivity index (χ2n) is 8.67. The van der Waals surface area contributed by atoms with E-state index < -0.39 is 34.7 Å². The topological polar surface area (TPSA) is 136 Å². The van der Waals surface area contributed by atoms with Crippen molar-refractivity contribution in [2.75, 3.05) is 12.0 Å². The number of para-hydroxylation sites is 1. The molecule has 2 heterocycles. The largest absolute Gasteiger partial charge is 0.504 e. The van der Waals surface area contributed by atoms with Gasteiger partial charge in [-0.1, -0.05) is 48.6 Å². The molecule has 3 aromatic rings. The number of carbonyl (C=O) groups excluding carboxylic acids is 1. The first-order valence-corrected chi connectivity index (χ1v) is 11.2. The van der Waals surface area contributed by atoms with Gasteiger partial charge in [0.05, 0.1) is 18.0 Å². The van der Waals surface area contributed by atoms with Crippen LogP contribution >= 0.6 is 0 Å². The molecule has 0 radical (unpaired) electrons. The number of anilines is 1. The Morgan fingerprint density at radius 3 is 2.53 bits per heavy atom. The van der Waals surface area contributed by atoms with Gasteiger partial charge in [0.2, 0.25) is 6.04 Å². The molecule has 3 aromatic carbocycles. The minimum atomic E-state index is -1.21. The Bertz CT molecular complexity index is 1420. The molecule has 0 saturated carbocycles. The van der Waals surface area contributed by atoms with Crippen LogP contribution in [0.3, 0.4) is 0 Å². The average molecular weight is 487 g/mol. The van der Waals surface area contributed by atoms with E-state index in [-0.39, 0.29) is 27.7 Å². The van der Waals surface area contributed by atoms with Gasteiger partial charge in [-0.2, -0.15) is 0 Å². The van der Waals surface area contributed by atoms with Crippen LogP contribution in [-0.2, 0) is 0 Å². The summed E-state index contributed by atoms with van der Waals surface area (Å²) in [6, 6.07) is 14.1. The van der Waals surface area contributed by atoms with E-state index in [4.69, 9.17) is 4.74 Å². The van der Waals surface area contributed by atoms with E-state index in [1.165, 1.54) is 43.5 Å². The van der Waals surface area contributed by atoms with E-state index in [1.807, 2.05) is 18.2 Å². The predicted molar refractivity (Wildman–Crippen MR) is 131 cm³/mol. The van der Waals surface area contributed by atoms with Crippen molar-refractivity contribution in [1.82, 2.24) is 0 Å². The lowest BCUT2D eigenvalue weighted by Gasteiger charge is -2.34. The quantitative estimate of drug-likeness (QED) is 0.310. The molecule has 1 N–H and O–H groups in total. The molecular weight excluding hydrogens is 466 g/mol. The van der Waals surface area contributed by atoms with E-state index in [9.17, 15) is 30.1 Å². The zero-order valence-electron chi connectivity index (χ0n) is 19.1. The summed E-state index contributed by atoms with van der Waals surface area (Å²) in [5.41, 5.74) is 1.74. The van der Waals surface area contributed by atoms with Crippen molar-refractivity contribution in [1.29, 1.82) is 0 Å². The SMILES string of the molecule is COc1cc([C@@H]2[C@H]([N+](=O)[O-])[C@@H]3C=Cc4ccccc4N3[C@@H]2C(=O)c2cccc([N+](=O)[O-])c2)ccc1O. The molecule has 0 spiro atoms. The van der Waals surface area contributed by atoms with Crippen LogP contribution in [0.1, 0.15) is 27.4 Å². The number of Topliss-reactive ketones (excluding diaryl/α,β-unsaturated/α-hetero) is 1. The normalized spacial score (nSPS) is 22.0. The first-order valence-electron chi connectivity index (χ1n) is 11.2. The number of aromatic hydroxyl groups is 1. The molecule has 0 bridgehead atoms. The predicted octanol–water partition coefficient (Wildman–Crippen LogP) is 4.21. The maximum absolute atomic E-state index is 14.1. The van der Waals surface area contributed by atoms with E-state index in [2.05, 4.69) is 0 Å². The molecule has 2 aliphatic heterocycles. The van der Waals surface area contributed by atoms with Gasteiger partial charge in [0.15, 0.2) is 17.3 Å². The van der Waals surface area contributed by atoms with Gasteiger partial charge in [-0.25, -0.2) is 0 Å². The number of nitro groups is 2.